The number of aliphatic carboxylic acids is 1. The number of allylic oxidation sites excluding steroid dienone is 3. The molecule has 0 aromatic rings. The van der Waals surface area contributed by atoms with Crippen LogP contribution in [0.2, 0.25) is 0 Å². The normalized spacial score (nSPS) is 19.9. The van der Waals surface area contributed by atoms with Crippen LogP contribution in [-0.2, 0) is 9.59 Å². The lowest BCUT2D eigenvalue weighted by Crippen LogP contribution is -2.41. The van der Waals surface area contributed by atoms with Crippen molar-refractivity contribution in [2.75, 3.05) is 0 Å². The molecule has 1 aliphatic rings. The van der Waals surface area contributed by atoms with Crippen molar-refractivity contribution in [3.05, 3.63) is 24.8 Å². The van der Waals surface area contributed by atoms with Gasteiger partial charge in [0.15, 0.2) is 0 Å². The lowest BCUT2D eigenvalue weighted by Gasteiger charge is -2.15. The van der Waals surface area contributed by atoms with E-state index in [2.05, 4.69) is 18.0 Å². The van der Waals surface area contributed by atoms with Crippen LogP contribution in [0, 0.1) is 5.92 Å². The van der Waals surface area contributed by atoms with Crippen molar-refractivity contribution in [2.45, 2.75) is 38.1 Å². The maximum atomic E-state index is 11.6. The van der Waals surface area contributed by atoms with E-state index >= 15 is 0 Å². The Balaban J connectivity index is 2.37. The standard InChI is InChI=1S/C13H19NO3/c1-2-3-8-11(13(16)17)14-12(15)9-10-6-4-5-7-10/h2,4,6,10-11H,1,3,5,7-9H2,(H,14,15)(H,16,17). The van der Waals surface area contributed by atoms with Gasteiger partial charge in [0.1, 0.15) is 6.04 Å². The molecule has 17 heavy (non-hydrogen) atoms. The summed E-state index contributed by atoms with van der Waals surface area (Å²) in [6, 6.07) is -0.800. The van der Waals surface area contributed by atoms with Gasteiger partial charge in [-0.1, -0.05) is 18.2 Å². The minimum Gasteiger partial charge on any atom is -0.480 e. The molecule has 2 atom stereocenters. The first-order valence-corrected chi connectivity index (χ1v) is 5.93. The van der Waals surface area contributed by atoms with Gasteiger partial charge in [-0.25, -0.2) is 4.79 Å². The van der Waals surface area contributed by atoms with Gasteiger partial charge in [-0.3, -0.25) is 4.79 Å². The lowest BCUT2D eigenvalue weighted by atomic mass is 10.0. The van der Waals surface area contributed by atoms with Gasteiger partial charge >= 0.3 is 5.97 Å². The molecule has 1 aliphatic carbocycles. The molecular weight excluding hydrogens is 218 g/mol. The van der Waals surface area contributed by atoms with Gasteiger partial charge in [-0.15, -0.1) is 6.58 Å². The fourth-order valence-corrected chi connectivity index (χ4v) is 1.90. The highest BCUT2D eigenvalue weighted by molar-refractivity contribution is 5.83. The van der Waals surface area contributed by atoms with Crippen molar-refractivity contribution in [1.82, 2.24) is 5.32 Å². The van der Waals surface area contributed by atoms with Crippen molar-refractivity contribution in [2.24, 2.45) is 5.92 Å². The molecule has 4 heteroatoms. The maximum Gasteiger partial charge on any atom is 0.326 e. The summed E-state index contributed by atoms with van der Waals surface area (Å²) in [6.45, 7) is 3.54. The van der Waals surface area contributed by atoms with Crippen LogP contribution in [0.1, 0.15) is 32.1 Å². The van der Waals surface area contributed by atoms with E-state index in [-0.39, 0.29) is 11.8 Å². The average Bonchev–Trinajstić information content (AvgIpc) is 2.76. The summed E-state index contributed by atoms with van der Waals surface area (Å²) in [5.41, 5.74) is 0. The first kappa shape index (κ1) is 13.5. The monoisotopic (exact) mass is 237 g/mol. The summed E-state index contributed by atoms with van der Waals surface area (Å²) in [7, 11) is 0. The van der Waals surface area contributed by atoms with E-state index < -0.39 is 12.0 Å². The van der Waals surface area contributed by atoms with Gasteiger partial charge in [0.05, 0.1) is 0 Å². The summed E-state index contributed by atoms with van der Waals surface area (Å²) < 4.78 is 0. The Hall–Kier alpha value is -1.58. The number of nitrogens with one attached hydrogen (secondary N) is 1. The molecule has 0 aromatic carbocycles. The number of carbonyl (C=O) groups is 2. The van der Waals surface area contributed by atoms with Crippen molar-refractivity contribution >= 4 is 11.9 Å². The third-order valence-corrected chi connectivity index (χ3v) is 2.85. The van der Waals surface area contributed by atoms with E-state index in [1.165, 1.54) is 0 Å². The van der Waals surface area contributed by atoms with Crippen molar-refractivity contribution in [3.8, 4) is 0 Å². The topological polar surface area (TPSA) is 66.4 Å². The molecule has 1 rings (SSSR count). The fraction of sp³-hybridized carbons (Fsp3) is 0.538. The molecule has 0 bridgehead atoms. The molecule has 4 nitrogen and oxygen atoms in total. The quantitative estimate of drug-likeness (QED) is 0.664. The van der Waals surface area contributed by atoms with Gasteiger partial charge in [0, 0.05) is 6.42 Å². The Labute approximate surface area is 101 Å². The van der Waals surface area contributed by atoms with E-state index in [1.54, 1.807) is 6.08 Å². The zero-order chi connectivity index (χ0) is 12.7. The average molecular weight is 237 g/mol. The highest BCUT2D eigenvalue weighted by Crippen LogP contribution is 2.20. The van der Waals surface area contributed by atoms with E-state index in [0.29, 0.717) is 19.3 Å². The van der Waals surface area contributed by atoms with E-state index in [0.717, 1.165) is 12.8 Å². The van der Waals surface area contributed by atoms with Gasteiger partial charge in [-0.05, 0) is 31.6 Å². The lowest BCUT2D eigenvalue weighted by molar-refractivity contribution is -0.142. The predicted molar refractivity (Wildman–Crippen MR) is 65.5 cm³/mol. The highest BCUT2D eigenvalue weighted by Gasteiger charge is 2.21. The minimum absolute atomic E-state index is 0.182. The van der Waals surface area contributed by atoms with Crippen LogP contribution in [0.25, 0.3) is 0 Å². The van der Waals surface area contributed by atoms with E-state index in [9.17, 15) is 9.59 Å². The van der Waals surface area contributed by atoms with Crippen LogP contribution < -0.4 is 5.32 Å². The second kappa shape index (κ2) is 6.89. The largest absolute Gasteiger partial charge is 0.480 e. The molecule has 1 amide bonds. The number of carbonyl (C=O) groups excluding carboxylic acids is 1. The molecule has 0 aromatic heterocycles. The van der Waals surface area contributed by atoms with E-state index in [4.69, 9.17) is 5.11 Å². The molecule has 0 saturated carbocycles. The summed E-state index contributed by atoms with van der Waals surface area (Å²) in [4.78, 5) is 22.6. The third-order valence-electron chi connectivity index (χ3n) is 2.85. The molecular formula is C13H19NO3. The molecule has 0 spiro atoms. The van der Waals surface area contributed by atoms with Crippen molar-refractivity contribution in [1.29, 1.82) is 0 Å². The third kappa shape index (κ3) is 4.85. The Kier molecular flexibility index (Phi) is 5.46. The highest BCUT2D eigenvalue weighted by atomic mass is 16.4. The number of hydrogen-bond donors (Lipinski definition) is 2. The summed E-state index contributed by atoms with van der Waals surface area (Å²) in [5.74, 6) is -0.899. The van der Waals surface area contributed by atoms with E-state index in [1.807, 2.05) is 6.08 Å². The van der Waals surface area contributed by atoms with Crippen LogP contribution in [0.3, 0.4) is 0 Å². The Morgan fingerprint density at radius 1 is 1.59 bits per heavy atom. The van der Waals surface area contributed by atoms with Crippen molar-refractivity contribution in [3.63, 3.8) is 0 Å². The van der Waals surface area contributed by atoms with Gasteiger partial charge < -0.3 is 10.4 Å². The molecule has 0 radical (unpaired) electrons. The summed E-state index contributed by atoms with van der Waals surface area (Å²) >= 11 is 0. The van der Waals surface area contributed by atoms with Crippen molar-refractivity contribution < 1.29 is 14.7 Å². The maximum absolute atomic E-state index is 11.6. The van der Waals surface area contributed by atoms with Crippen LogP contribution in [0.15, 0.2) is 24.8 Å². The molecule has 0 saturated heterocycles. The van der Waals surface area contributed by atoms with Crippen LogP contribution in [0.4, 0.5) is 0 Å². The number of carboxylic acid groups (broad SMARTS) is 1. The SMILES string of the molecule is C=CCCC(NC(=O)CC1C=CCC1)C(=O)O. The Morgan fingerprint density at radius 3 is 2.88 bits per heavy atom. The molecule has 0 heterocycles. The zero-order valence-corrected chi connectivity index (χ0v) is 9.89. The second-order valence-corrected chi connectivity index (χ2v) is 4.29. The molecule has 0 aliphatic heterocycles. The Bertz CT molecular complexity index is 323. The van der Waals surface area contributed by atoms with Gasteiger partial charge in [0.2, 0.25) is 5.91 Å². The predicted octanol–water partition coefficient (Wildman–Crippen LogP) is 1.88. The Morgan fingerprint density at radius 2 is 2.35 bits per heavy atom. The van der Waals surface area contributed by atoms with Gasteiger partial charge in [0.25, 0.3) is 0 Å². The van der Waals surface area contributed by atoms with Crippen LogP contribution >= 0.6 is 0 Å². The van der Waals surface area contributed by atoms with Gasteiger partial charge in [-0.2, -0.15) is 0 Å². The summed E-state index contributed by atoms with van der Waals surface area (Å²) in [5, 5.41) is 11.5. The molecule has 2 unspecified atom stereocenters. The van der Waals surface area contributed by atoms with Crippen LogP contribution in [0.5, 0.6) is 0 Å². The molecule has 2 N–H and O–H groups in total. The first-order valence-electron chi connectivity index (χ1n) is 5.93. The number of rotatable bonds is 7. The molecule has 94 valence electrons. The van der Waals surface area contributed by atoms with Crippen LogP contribution in [-0.4, -0.2) is 23.0 Å². The zero-order valence-electron chi connectivity index (χ0n) is 9.89. The number of carboxylic acids is 1. The smallest absolute Gasteiger partial charge is 0.326 e. The molecule has 0 fully saturated rings. The minimum atomic E-state index is -0.984. The summed E-state index contributed by atoms with van der Waals surface area (Å²) in [6.07, 6.45) is 9.10. The first-order chi connectivity index (χ1) is 8.13. The number of hydrogen-bond acceptors (Lipinski definition) is 2. The second-order valence-electron chi connectivity index (χ2n) is 4.29. The fourth-order valence-electron chi connectivity index (χ4n) is 1.90. The number of amides is 1.